The van der Waals surface area contributed by atoms with Crippen molar-refractivity contribution >= 4 is 22.8 Å². The van der Waals surface area contributed by atoms with E-state index < -0.39 is 23.6 Å². The number of carbonyl (C=O) groups is 1. The number of pyridine rings is 1. The number of aliphatic hydroxyl groups excluding tert-OH is 1. The van der Waals surface area contributed by atoms with Crippen LogP contribution < -0.4 is 0 Å². The second-order valence-corrected chi connectivity index (χ2v) is 6.39. The third-order valence-corrected chi connectivity index (χ3v) is 4.75. The maximum absolute atomic E-state index is 14.1. The van der Waals surface area contributed by atoms with Crippen molar-refractivity contribution in [2.24, 2.45) is 5.92 Å². The highest BCUT2D eigenvalue weighted by Crippen LogP contribution is 2.30. The number of rotatable bonds is 6. The Bertz CT molecular complexity index is 881. The lowest BCUT2D eigenvalue weighted by atomic mass is 9.84. The maximum atomic E-state index is 14.1. The molecular formula is C19H15FN2O2S. The summed E-state index contributed by atoms with van der Waals surface area (Å²) in [6.45, 7) is 0. The highest BCUT2D eigenvalue weighted by molar-refractivity contribution is 7.12. The number of nitrogens with one attached hydrogen (secondary N) is 1. The molecule has 0 amide bonds. The van der Waals surface area contributed by atoms with Crippen molar-refractivity contribution in [3.8, 4) is 0 Å². The predicted molar refractivity (Wildman–Crippen MR) is 94.6 cm³/mol. The van der Waals surface area contributed by atoms with Gasteiger partial charge in [-0.3, -0.25) is 9.78 Å². The van der Waals surface area contributed by atoms with Gasteiger partial charge in [-0.2, -0.15) is 0 Å². The first kappa shape index (κ1) is 17.1. The van der Waals surface area contributed by atoms with Gasteiger partial charge in [-0.1, -0.05) is 30.3 Å². The van der Waals surface area contributed by atoms with Crippen molar-refractivity contribution in [1.82, 2.24) is 4.98 Å². The molecule has 0 aliphatic heterocycles. The Kier molecular flexibility index (Phi) is 5.11. The molecule has 6 heteroatoms. The number of hydrogen-bond donors (Lipinski definition) is 2. The van der Waals surface area contributed by atoms with Gasteiger partial charge in [0, 0.05) is 18.0 Å². The number of halogens is 1. The van der Waals surface area contributed by atoms with Gasteiger partial charge in [0.2, 0.25) is 0 Å². The van der Waals surface area contributed by atoms with Crippen LogP contribution in [-0.2, 0) is 0 Å². The van der Waals surface area contributed by atoms with Crippen molar-refractivity contribution < 1.29 is 14.3 Å². The topological polar surface area (TPSA) is 74.0 Å². The minimum absolute atomic E-state index is 0.000321. The number of carbonyl (C=O) groups excluding carboxylic acids is 1. The van der Waals surface area contributed by atoms with Gasteiger partial charge in [0.1, 0.15) is 5.82 Å². The van der Waals surface area contributed by atoms with E-state index in [-0.39, 0.29) is 11.3 Å². The van der Waals surface area contributed by atoms with E-state index in [2.05, 4.69) is 4.98 Å². The number of nitrogens with zero attached hydrogens (tertiary/aromatic N) is 1. The summed E-state index contributed by atoms with van der Waals surface area (Å²) in [5, 5.41) is 20.9. The fourth-order valence-electron chi connectivity index (χ4n) is 2.59. The first-order chi connectivity index (χ1) is 12.1. The summed E-state index contributed by atoms with van der Waals surface area (Å²) in [7, 11) is 0. The number of aromatic nitrogens is 1. The van der Waals surface area contributed by atoms with Crippen LogP contribution in [0.2, 0.25) is 0 Å². The van der Waals surface area contributed by atoms with E-state index in [4.69, 9.17) is 5.41 Å². The standard InChI is InChI=1S/C19H15FN2O2S/c20-14-7-2-1-6-13(14)17(21)16(19(24)15-8-4-10-25-15)18(23)12-5-3-9-22-11-12/h1-11,16,18,21,23H. The lowest BCUT2D eigenvalue weighted by Crippen LogP contribution is -2.31. The summed E-state index contributed by atoms with van der Waals surface area (Å²) in [6.07, 6.45) is 1.69. The van der Waals surface area contributed by atoms with Crippen LogP contribution >= 0.6 is 11.3 Å². The van der Waals surface area contributed by atoms with Crippen LogP contribution in [0.4, 0.5) is 4.39 Å². The Morgan fingerprint density at radius 1 is 1.16 bits per heavy atom. The molecule has 2 N–H and O–H groups in total. The molecule has 0 aliphatic carbocycles. The molecular weight excluding hydrogens is 339 g/mol. The zero-order chi connectivity index (χ0) is 17.8. The molecule has 1 aromatic carbocycles. The number of benzene rings is 1. The van der Waals surface area contributed by atoms with Gasteiger partial charge < -0.3 is 10.5 Å². The van der Waals surface area contributed by atoms with Gasteiger partial charge in [0.25, 0.3) is 0 Å². The number of hydrogen-bond acceptors (Lipinski definition) is 5. The van der Waals surface area contributed by atoms with Gasteiger partial charge >= 0.3 is 0 Å². The lowest BCUT2D eigenvalue weighted by molar-refractivity contribution is 0.0797. The van der Waals surface area contributed by atoms with E-state index >= 15 is 0 Å². The number of thiophene rings is 1. The van der Waals surface area contributed by atoms with E-state index in [0.29, 0.717) is 10.4 Å². The van der Waals surface area contributed by atoms with Crippen LogP contribution in [0.3, 0.4) is 0 Å². The SMILES string of the molecule is N=C(c1ccccc1F)C(C(=O)c1cccs1)C(O)c1cccnc1. The second kappa shape index (κ2) is 7.46. The summed E-state index contributed by atoms with van der Waals surface area (Å²) in [6, 6.07) is 12.4. The Morgan fingerprint density at radius 2 is 1.96 bits per heavy atom. The zero-order valence-electron chi connectivity index (χ0n) is 13.1. The highest BCUT2D eigenvalue weighted by Gasteiger charge is 2.35. The van der Waals surface area contributed by atoms with Crippen LogP contribution in [0.1, 0.15) is 26.9 Å². The normalized spacial score (nSPS) is 13.2. The monoisotopic (exact) mass is 354 g/mol. The smallest absolute Gasteiger partial charge is 0.184 e. The van der Waals surface area contributed by atoms with Crippen LogP contribution in [0.5, 0.6) is 0 Å². The first-order valence-electron chi connectivity index (χ1n) is 7.58. The molecule has 0 radical (unpaired) electrons. The van der Waals surface area contributed by atoms with Gasteiger partial charge in [-0.25, -0.2) is 4.39 Å². The van der Waals surface area contributed by atoms with Gasteiger partial charge in [0.15, 0.2) is 5.78 Å². The summed E-state index contributed by atoms with van der Waals surface area (Å²) in [4.78, 5) is 17.3. The molecule has 0 aliphatic rings. The van der Waals surface area contributed by atoms with Crippen LogP contribution in [0.15, 0.2) is 66.3 Å². The highest BCUT2D eigenvalue weighted by atomic mass is 32.1. The summed E-state index contributed by atoms with van der Waals surface area (Å²) in [5.41, 5.74) is 0.145. The largest absolute Gasteiger partial charge is 0.387 e. The van der Waals surface area contributed by atoms with Crippen molar-refractivity contribution in [3.05, 3.63) is 88.1 Å². The van der Waals surface area contributed by atoms with Crippen LogP contribution in [0, 0.1) is 17.1 Å². The fraction of sp³-hybridized carbons (Fsp3) is 0.105. The minimum atomic E-state index is -1.30. The van der Waals surface area contributed by atoms with E-state index in [9.17, 15) is 14.3 Å². The molecule has 0 saturated heterocycles. The molecule has 2 unspecified atom stereocenters. The molecule has 2 atom stereocenters. The molecule has 0 bridgehead atoms. The second-order valence-electron chi connectivity index (χ2n) is 5.44. The number of aliphatic hydroxyl groups is 1. The Balaban J connectivity index is 2.04. The fourth-order valence-corrected chi connectivity index (χ4v) is 3.30. The molecule has 3 aromatic rings. The number of Topliss-reactive ketones (excluding diaryl/α,β-unsaturated/α-hetero) is 1. The quantitative estimate of drug-likeness (QED) is 0.521. The van der Waals surface area contributed by atoms with Crippen molar-refractivity contribution in [3.63, 3.8) is 0 Å². The summed E-state index contributed by atoms with van der Waals surface area (Å²) in [5.74, 6) is -2.24. The average molecular weight is 354 g/mol. The molecule has 2 heterocycles. The van der Waals surface area contributed by atoms with Gasteiger partial charge in [0.05, 0.1) is 22.6 Å². The first-order valence-corrected chi connectivity index (χ1v) is 8.46. The van der Waals surface area contributed by atoms with Crippen molar-refractivity contribution in [2.45, 2.75) is 6.10 Å². The molecule has 0 saturated carbocycles. The van der Waals surface area contributed by atoms with Crippen molar-refractivity contribution in [1.29, 1.82) is 5.41 Å². The summed E-state index contributed by atoms with van der Waals surface area (Å²) >= 11 is 1.22. The van der Waals surface area contributed by atoms with Gasteiger partial charge in [-0.05, 0) is 29.1 Å². The molecule has 3 rings (SSSR count). The lowest BCUT2D eigenvalue weighted by Gasteiger charge is -2.23. The van der Waals surface area contributed by atoms with E-state index in [1.807, 2.05) is 0 Å². The maximum Gasteiger partial charge on any atom is 0.184 e. The third-order valence-electron chi connectivity index (χ3n) is 3.86. The Labute approximate surface area is 148 Å². The van der Waals surface area contributed by atoms with Crippen LogP contribution in [-0.4, -0.2) is 21.6 Å². The van der Waals surface area contributed by atoms with E-state index in [1.54, 1.807) is 41.9 Å². The molecule has 4 nitrogen and oxygen atoms in total. The molecule has 126 valence electrons. The average Bonchev–Trinajstić information content (AvgIpc) is 3.17. The Morgan fingerprint density at radius 3 is 2.60 bits per heavy atom. The van der Waals surface area contributed by atoms with E-state index in [0.717, 1.165) is 0 Å². The molecule has 2 aromatic heterocycles. The number of ketones is 1. The molecule has 0 spiro atoms. The zero-order valence-corrected chi connectivity index (χ0v) is 13.9. The third kappa shape index (κ3) is 3.55. The van der Waals surface area contributed by atoms with Crippen molar-refractivity contribution in [2.75, 3.05) is 0 Å². The minimum Gasteiger partial charge on any atom is -0.387 e. The predicted octanol–water partition coefficient (Wildman–Crippen LogP) is 3.88. The van der Waals surface area contributed by atoms with E-state index in [1.165, 1.54) is 35.7 Å². The molecule has 25 heavy (non-hydrogen) atoms. The summed E-state index contributed by atoms with van der Waals surface area (Å²) < 4.78 is 14.1. The Hall–Kier alpha value is -2.70. The van der Waals surface area contributed by atoms with Crippen LogP contribution in [0.25, 0.3) is 0 Å². The molecule has 0 fully saturated rings. The van der Waals surface area contributed by atoms with Gasteiger partial charge in [-0.15, -0.1) is 11.3 Å².